The Morgan fingerprint density at radius 2 is 2.20 bits per heavy atom. The summed E-state index contributed by atoms with van der Waals surface area (Å²) < 4.78 is 5.58. The Balaban J connectivity index is 2.02. The zero-order valence-electron chi connectivity index (χ0n) is 8.92. The standard InChI is InChI=1S/C11H15N3O/c1-2-15-11-8-5-12-6-9(8)13-10(14-11)7-3-4-7/h7,12H,2-6H2,1H3. The molecule has 1 N–H and O–H groups in total. The SMILES string of the molecule is CCOc1nc(C2CC2)nc2c1CNC2. The van der Waals surface area contributed by atoms with E-state index in [0.29, 0.717) is 12.5 Å². The molecule has 0 spiro atoms. The summed E-state index contributed by atoms with van der Waals surface area (Å²) in [5, 5.41) is 3.29. The van der Waals surface area contributed by atoms with Crippen LogP contribution < -0.4 is 10.1 Å². The van der Waals surface area contributed by atoms with E-state index in [9.17, 15) is 0 Å². The van der Waals surface area contributed by atoms with Gasteiger partial charge in [-0.2, -0.15) is 4.98 Å². The predicted octanol–water partition coefficient (Wildman–Crippen LogP) is 1.36. The van der Waals surface area contributed by atoms with Crippen LogP contribution in [-0.2, 0) is 13.1 Å². The van der Waals surface area contributed by atoms with Crippen molar-refractivity contribution >= 4 is 0 Å². The van der Waals surface area contributed by atoms with Crippen LogP contribution in [0.5, 0.6) is 5.88 Å². The summed E-state index contributed by atoms with van der Waals surface area (Å²) >= 11 is 0. The van der Waals surface area contributed by atoms with E-state index < -0.39 is 0 Å². The van der Waals surface area contributed by atoms with Crippen molar-refractivity contribution in [3.8, 4) is 5.88 Å². The van der Waals surface area contributed by atoms with E-state index in [2.05, 4.69) is 15.3 Å². The fraction of sp³-hybridized carbons (Fsp3) is 0.636. The molecule has 1 aliphatic heterocycles. The maximum atomic E-state index is 5.58. The quantitative estimate of drug-likeness (QED) is 0.809. The van der Waals surface area contributed by atoms with Gasteiger partial charge in [0.25, 0.3) is 0 Å². The van der Waals surface area contributed by atoms with Gasteiger partial charge >= 0.3 is 0 Å². The zero-order chi connectivity index (χ0) is 10.3. The second-order valence-corrected chi connectivity index (χ2v) is 4.12. The van der Waals surface area contributed by atoms with Crippen LogP contribution in [0.4, 0.5) is 0 Å². The van der Waals surface area contributed by atoms with E-state index in [1.165, 1.54) is 12.8 Å². The monoisotopic (exact) mass is 205 g/mol. The highest BCUT2D eigenvalue weighted by Gasteiger charge is 2.29. The molecule has 4 heteroatoms. The highest BCUT2D eigenvalue weighted by Crippen LogP contribution is 2.39. The van der Waals surface area contributed by atoms with Crippen molar-refractivity contribution in [1.29, 1.82) is 0 Å². The molecule has 1 saturated carbocycles. The molecule has 2 heterocycles. The van der Waals surface area contributed by atoms with Crippen molar-refractivity contribution in [2.45, 2.75) is 38.8 Å². The molecular formula is C11H15N3O. The van der Waals surface area contributed by atoms with Gasteiger partial charge in [-0.15, -0.1) is 0 Å². The first-order valence-corrected chi connectivity index (χ1v) is 5.61. The van der Waals surface area contributed by atoms with Crippen molar-refractivity contribution < 1.29 is 4.74 Å². The maximum absolute atomic E-state index is 5.58. The van der Waals surface area contributed by atoms with Gasteiger partial charge in [0.15, 0.2) is 0 Å². The molecule has 0 bridgehead atoms. The number of nitrogens with one attached hydrogen (secondary N) is 1. The van der Waals surface area contributed by atoms with Gasteiger partial charge in [-0.1, -0.05) is 0 Å². The van der Waals surface area contributed by atoms with Crippen LogP contribution in [0.3, 0.4) is 0 Å². The lowest BCUT2D eigenvalue weighted by molar-refractivity contribution is 0.321. The first kappa shape index (κ1) is 9.09. The van der Waals surface area contributed by atoms with Crippen LogP contribution >= 0.6 is 0 Å². The number of ether oxygens (including phenoxy) is 1. The number of hydrogen-bond acceptors (Lipinski definition) is 4. The Morgan fingerprint density at radius 1 is 1.33 bits per heavy atom. The second kappa shape index (κ2) is 3.45. The molecule has 0 radical (unpaired) electrons. The third-order valence-electron chi connectivity index (χ3n) is 2.89. The van der Waals surface area contributed by atoms with Crippen molar-refractivity contribution in [2.75, 3.05) is 6.61 Å². The molecule has 15 heavy (non-hydrogen) atoms. The highest BCUT2D eigenvalue weighted by atomic mass is 16.5. The Labute approximate surface area is 89.1 Å². The number of rotatable bonds is 3. The summed E-state index contributed by atoms with van der Waals surface area (Å²) in [6.07, 6.45) is 2.47. The van der Waals surface area contributed by atoms with Gasteiger partial charge in [-0.05, 0) is 19.8 Å². The molecule has 0 aromatic carbocycles. The average Bonchev–Trinajstić information content (AvgIpc) is 2.98. The molecule has 0 amide bonds. The molecule has 0 atom stereocenters. The molecule has 2 aliphatic rings. The minimum Gasteiger partial charge on any atom is -0.478 e. The molecule has 1 aromatic rings. The van der Waals surface area contributed by atoms with Gasteiger partial charge in [0.2, 0.25) is 5.88 Å². The predicted molar refractivity (Wildman–Crippen MR) is 55.7 cm³/mol. The molecular weight excluding hydrogens is 190 g/mol. The first-order valence-electron chi connectivity index (χ1n) is 5.61. The van der Waals surface area contributed by atoms with Crippen LogP contribution in [-0.4, -0.2) is 16.6 Å². The Hall–Kier alpha value is -1.16. The van der Waals surface area contributed by atoms with Crippen LogP contribution in [0.2, 0.25) is 0 Å². The fourth-order valence-corrected chi connectivity index (χ4v) is 1.94. The molecule has 0 saturated heterocycles. The minimum atomic E-state index is 0.593. The first-order chi connectivity index (χ1) is 7.38. The number of fused-ring (bicyclic) bond motifs is 1. The van der Waals surface area contributed by atoms with Crippen LogP contribution in [0, 0.1) is 0 Å². The van der Waals surface area contributed by atoms with E-state index in [1.807, 2.05) is 6.92 Å². The normalized spacial score (nSPS) is 19.0. The summed E-state index contributed by atoms with van der Waals surface area (Å²) in [5.41, 5.74) is 2.29. The average molecular weight is 205 g/mol. The molecule has 4 nitrogen and oxygen atoms in total. The van der Waals surface area contributed by atoms with E-state index in [0.717, 1.165) is 36.1 Å². The van der Waals surface area contributed by atoms with Crippen molar-refractivity contribution in [1.82, 2.24) is 15.3 Å². The van der Waals surface area contributed by atoms with Crippen molar-refractivity contribution in [3.63, 3.8) is 0 Å². The van der Waals surface area contributed by atoms with Gasteiger partial charge in [-0.25, -0.2) is 4.98 Å². The van der Waals surface area contributed by atoms with E-state index >= 15 is 0 Å². The van der Waals surface area contributed by atoms with Gasteiger partial charge in [-0.3, -0.25) is 0 Å². The zero-order valence-corrected chi connectivity index (χ0v) is 8.92. The minimum absolute atomic E-state index is 0.593. The lowest BCUT2D eigenvalue weighted by Crippen LogP contribution is -2.05. The number of nitrogens with zero attached hydrogens (tertiary/aromatic N) is 2. The third-order valence-corrected chi connectivity index (χ3v) is 2.89. The number of hydrogen-bond donors (Lipinski definition) is 1. The van der Waals surface area contributed by atoms with Crippen LogP contribution in [0.15, 0.2) is 0 Å². The Bertz CT molecular complexity index is 388. The second-order valence-electron chi connectivity index (χ2n) is 4.12. The molecule has 1 fully saturated rings. The van der Waals surface area contributed by atoms with Gasteiger partial charge in [0.05, 0.1) is 17.9 Å². The van der Waals surface area contributed by atoms with E-state index in [-0.39, 0.29) is 0 Å². The van der Waals surface area contributed by atoms with Gasteiger partial charge in [0, 0.05) is 19.0 Å². The topological polar surface area (TPSA) is 47.0 Å². The highest BCUT2D eigenvalue weighted by molar-refractivity contribution is 5.34. The Kier molecular flexibility index (Phi) is 2.09. The van der Waals surface area contributed by atoms with Gasteiger partial charge < -0.3 is 10.1 Å². The fourth-order valence-electron chi connectivity index (χ4n) is 1.94. The lowest BCUT2D eigenvalue weighted by atomic mass is 10.2. The Morgan fingerprint density at radius 3 is 2.93 bits per heavy atom. The van der Waals surface area contributed by atoms with E-state index in [4.69, 9.17) is 4.74 Å². The van der Waals surface area contributed by atoms with E-state index in [1.54, 1.807) is 0 Å². The largest absolute Gasteiger partial charge is 0.478 e. The molecule has 80 valence electrons. The van der Waals surface area contributed by atoms with Crippen LogP contribution in [0.25, 0.3) is 0 Å². The molecule has 1 aromatic heterocycles. The van der Waals surface area contributed by atoms with Crippen LogP contribution in [0.1, 0.15) is 42.8 Å². The summed E-state index contributed by atoms with van der Waals surface area (Å²) in [6.45, 7) is 4.37. The number of aromatic nitrogens is 2. The molecule has 3 rings (SSSR count). The summed E-state index contributed by atoms with van der Waals surface area (Å²) in [7, 11) is 0. The summed E-state index contributed by atoms with van der Waals surface area (Å²) in [6, 6.07) is 0. The third kappa shape index (κ3) is 1.59. The molecule has 1 aliphatic carbocycles. The summed E-state index contributed by atoms with van der Waals surface area (Å²) in [4.78, 5) is 9.13. The smallest absolute Gasteiger partial charge is 0.221 e. The van der Waals surface area contributed by atoms with Crippen molar-refractivity contribution in [3.05, 3.63) is 17.1 Å². The summed E-state index contributed by atoms with van der Waals surface area (Å²) in [5.74, 6) is 2.38. The lowest BCUT2D eigenvalue weighted by Gasteiger charge is -2.08. The molecule has 0 unspecified atom stereocenters. The maximum Gasteiger partial charge on any atom is 0.221 e. The van der Waals surface area contributed by atoms with Crippen molar-refractivity contribution in [2.24, 2.45) is 0 Å². The van der Waals surface area contributed by atoms with Gasteiger partial charge in [0.1, 0.15) is 5.82 Å².